The predicted molar refractivity (Wildman–Crippen MR) is 36.8 cm³/mol. The Balaban J connectivity index is 3.54. The summed E-state index contributed by atoms with van der Waals surface area (Å²) in [5, 5.41) is 8.69. The average molecular weight is 197 g/mol. The molecule has 0 radical (unpaired) electrons. The number of carbonyl (C=O) groups is 1. The van der Waals surface area contributed by atoms with Crippen molar-refractivity contribution >= 4 is 21.9 Å². The lowest BCUT2D eigenvalue weighted by molar-refractivity contribution is -0.148. The maximum absolute atomic E-state index is 10.2. The van der Waals surface area contributed by atoms with E-state index in [1.807, 2.05) is 0 Å². The highest BCUT2D eigenvalue weighted by Crippen LogP contribution is 1.96. The first-order valence-electron chi connectivity index (χ1n) is 2.62. The Morgan fingerprint density at radius 3 is 2.56 bits per heavy atom. The minimum Gasteiger partial charge on any atom is -0.479 e. The van der Waals surface area contributed by atoms with Crippen molar-refractivity contribution in [1.29, 1.82) is 0 Å². The van der Waals surface area contributed by atoms with E-state index < -0.39 is 12.1 Å². The second-order valence-corrected chi connectivity index (χ2v) is 2.08. The van der Waals surface area contributed by atoms with Crippen LogP contribution < -0.4 is 0 Å². The maximum Gasteiger partial charge on any atom is 0.333 e. The number of ether oxygens (including phenoxy) is 1. The van der Waals surface area contributed by atoms with Crippen LogP contribution in [0, 0.1) is 0 Å². The largest absolute Gasteiger partial charge is 0.479 e. The van der Waals surface area contributed by atoms with E-state index in [9.17, 15) is 4.79 Å². The summed E-state index contributed by atoms with van der Waals surface area (Å²) in [6, 6.07) is 0. The Morgan fingerprint density at radius 2 is 2.44 bits per heavy atom. The van der Waals surface area contributed by atoms with E-state index in [1.54, 1.807) is 6.92 Å². The van der Waals surface area contributed by atoms with Gasteiger partial charge in [0, 0.05) is 11.9 Å². The summed E-state index contributed by atoms with van der Waals surface area (Å²) >= 11 is 3.01. The number of aliphatic carboxylic acids is 1. The van der Waals surface area contributed by atoms with Crippen LogP contribution in [0.25, 0.3) is 0 Å². The zero-order chi connectivity index (χ0) is 7.28. The molecule has 0 fully saturated rings. The third-order valence-electron chi connectivity index (χ3n) is 0.783. The van der Waals surface area contributed by atoms with Gasteiger partial charge in [0.05, 0.1) is 0 Å². The minimum absolute atomic E-state index is 0.343. The molecule has 1 atom stereocenters. The van der Waals surface area contributed by atoms with Gasteiger partial charge in [-0.1, -0.05) is 15.9 Å². The molecular formula is C5H9BrO3. The molecular weight excluding hydrogens is 188 g/mol. The molecule has 0 aliphatic heterocycles. The minimum atomic E-state index is -0.922. The summed E-state index contributed by atoms with van der Waals surface area (Å²) < 4.78 is 4.81. The van der Waals surface area contributed by atoms with Crippen LogP contribution >= 0.6 is 15.9 Å². The van der Waals surface area contributed by atoms with Crippen LogP contribution in [0.3, 0.4) is 0 Å². The Hall–Kier alpha value is -0.0900. The molecule has 54 valence electrons. The molecule has 0 heterocycles. The van der Waals surface area contributed by atoms with Gasteiger partial charge >= 0.3 is 5.97 Å². The number of halogens is 1. The Labute approximate surface area is 62.1 Å². The molecule has 0 amide bonds. The molecule has 0 aromatic carbocycles. The maximum atomic E-state index is 10.2. The van der Waals surface area contributed by atoms with Gasteiger partial charge in [-0.15, -0.1) is 0 Å². The fourth-order valence-corrected chi connectivity index (χ4v) is 0.847. The molecule has 9 heavy (non-hydrogen) atoms. The summed E-state index contributed by atoms with van der Waals surface area (Å²) in [6.45, 7) is 2.20. The van der Waals surface area contributed by atoms with E-state index >= 15 is 0 Å². The van der Waals surface area contributed by atoms with Crippen molar-refractivity contribution in [3.8, 4) is 0 Å². The van der Waals surface area contributed by atoms with Gasteiger partial charge in [-0.05, 0) is 6.92 Å². The quantitative estimate of drug-likeness (QED) is 0.680. The summed E-state index contributed by atoms with van der Waals surface area (Å²) in [4.78, 5) is 10.2. The summed E-state index contributed by atoms with van der Waals surface area (Å²) in [5.41, 5.74) is 0. The molecule has 0 aromatic rings. The highest BCUT2D eigenvalue weighted by molar-refractivity contribution is 9.09. The summed E-state index contributed by atoms with van der Waals surface area (Å²) in [7, 11) is 0. The third kappa shape index (κ3) is 3.48. The molecule has 3 nitrogen and oxygen atoms in total. The molecule has 0 aromatic heterocycles. The van der Waals surface area contributed by atoms with Crippen molar-refractivity contribution in [3.63, 3.8) is 0 Å². The SMILES string of the molecule is CCOC(CBr)C(=O)O. The van der Waals surface area contributed by atoms with Crippen molar-refractivity contribution in [2.45, 2.75) is 13.0 Å². The fraction of sp³-hybridized carbons (Fsp3) is 0.800. The van der Waals surface area contributed by atoms with Crippen molar-refractivity contribution in [2.75, 3.05) is 11.9 Å². The van der Waals surface area contributed by atoms with Gasteiger partial charge in [0.15, 0.2) is 6.10 Å². The number of carboxylic acids is 1. The van der Waals surface area contributed by atoms with Crippen molar-refractivity contribution in [1.82, 2.24) is 0 Å². The zero-order valence-corrected chi connectivity index (χ0v) is 6.72. The van der Waals surface area contributed by atoms with Gasteiger partial charge in [-0.25, -0.2) is 4.79 Å². The van der Waals surface area contributed by atoms with Crippen molar-refractivity contribution in [2.24, 2.45) is 0 Å². The van der Waals surface area contributed by atoms with Crippen molar-refractivity contribution in [3.05, 3.63) is 0 Å². The number of hydrogen-bond donors (Lipinski definition) is 1. The van der Waals surface area contributed by atoms with Crippen molar-refractivity contribution < 1.29 is 14.6 Å². The Kier molecular flexibility index (Phi) is 4.71. The highest BCUT2D eigenvalue weighted by Gasteiger charge is 2.14. The molecule has 0 saturated carbocycles. The lowest BCUT2D eigenvalue weighted by Crippen LogP contribution is -2.25. The lowest BCUT2D eigenvalue weighted by atomic mass is 10.4. The average Bonchev–Trinajstić information content (AvgIpc) is 1.82. The first kappa shape index (κ1) is 8.91. The van der Waals surface area contributed by atoms with Crippen LogP contribution in [-0.2, 0) is 9.53 Å². The smallest absolute Gasteiger partial charge is 0.333 e. The van der Waals surface area contributed by atoms with Crippen LogP contribution in [-0.4, -0.2) is 29.1 Å². The van der Waals surface area contributed by atoms with Gasteiger partial charge in [-0.3, -0.25) is 0 Å². The molecule has 0 aliphatic carbocycles. The number of rotatable bonds is 4. The molecule has 0 rings (SSSR count). The van der Waals surface area contributed by atoms with E-state index in [4.69, 9.17) is 9.84 Å². The van der Waals surface area contributed by atoms with Gasteiger partial charge in [0.2, 0.25) is 0 Å². The van der Waals surface area contributed by atoms with Crippen LogP contribution in [0.1, 0.15) is 6.92 Å². The van der Waals surface area contributed by atoms with E-state index in [2.05, 4.69) is 15.9 Å². The molecule has 0 aliphatic rings. The van der Waals surface area contributed by atoms with Gasteiger partial charge < -0.3 is 9.84 Å². The highest BCUT2D eigenvalue weighted by atomic mass is 79.9. The van der Waals surface area contributed by atoms with E-state index in [1.165, 1.54) is 0 Å². The normalized spacial score (nSPS) is 13.1. The zero-order valence-electron chi connectivity index (χ0n) is 5.13. The number of carboxylic acid groups (broad SMARTS) is 1. The first-order valence-corrected chi connectivity index (χ1v) is 3.74. The second-order valence-electron chi connectivity index (χ2n) is 1.44. The van der Waals surface area contributed by atoms with Crippen LogP contribution in [0.15, 0.2) is 0 Å². The predicted octanol–water partition coefficient (Wildman–Crippen LogP) is 0.871. The summed E-state index contributed by atoms with van der Waals surface area (Å²) in [5.74, 6) is -0.922. The standard InChI is InChI=1S/C5H9BrO3/c1-2-9-4(3-6)5(7)8/h4H,2-3H2,1H3,(H,7,8). The molecule has 0 bridgehead atoms. The Morgan fingerprint density at radius 1 is 1.89 bits per heavy atom. The third-order valence-corrected chi connectivity index (χ3v) is 1.37. The van der Waals surface area contributed by atoms with Crippen LogP contribution in [0.2, 0.25) is 0 Å². The Bertz CT molecular complexity index is 94.2. The number of alkyl halides is 1. The van der Waals surface area contributed by atoms with Gasteiger partial charge in [0.1, 0.15) is 0 Å². The van der Waals surface area contributed by atoms with E-state index in [-0.39, 0.29) is 0 Å². The van der Waals surface area contributed by atoms with Gasteiger partial charge in [0.25, 0.3) is 0 Å². The molecule has 0 spiro atoms. The monoisotopic (exact) mass is 196 g/mol. The van der Waals surface area contributed by atoms with Crippen LogP contribution in [0.4, 0.5) is 0 Å². The van der Waals surface area contributed by atoms with E-state index in [0.717, 1.165) is 0 Å². The van der Waals surface area contributed by atoms with E-state index in [0.29, 0.717) is 11.9 Å². The summed E-state index contributed by atoms with van der Waals surface area (Å²) in [6.07, 6.45) is -0.699. The topological polar surface area (TPSA) is 46.5 Å². The molecule has 1 unspecified atom stereocenters. The fourth-order valence-electron chi connectivity index (χ4n) is 0.383. The number of hydrogen-bond acceptors (Lipinski definition) is 2. The lowest BCUT2D eigenvalue weighted by Gasteiger charge is -2.06. The van der Waals surface area contributed by atoms with Crippen LogP contribution in [0.5, 0.6) is 0 Å². The molecule has 1 N–H and O–H groups in total. The molecule has 0 saturated heterocycles. The molecule has 4 heteroatoms. The van der Waals surface area contributed by atoms with Gasteiger partial charge in [-0.2, -0.15) is 0 Å². The first-order chi connectivity index (χ1) is 4.22. The second kappa shape index (κ2) is 4.76.